The maximum absolute atomic E-state index is 4.74. The van der Waals surface area contributed by atoms with Crippen LogP contribution in [-0.4, -0.2) is 18.8 Å². The molecule has 4 rings (SSSR count). The first-order valence-corrected chi connectivity index (χ1v) is 10.7. The van der Waals surface area contributed by atoms with Crippen LogP contribution in [0.1, 0.15) is 49.8 Å². The number of nitrogens with one attached hydrogen (secondary N) is 1. The zero-order chi connectivity index (χ0) is 21.3. The second kappa shape index (κ2) is 7.98. The predicted molar refractivity (Wildman–Crippen MR) is 130 cm³/mol. The molecule has 154 valence electrons. The first-order valence-electron chi connectivity index (χ1n) is 10.7. The summed E-state index contributed by atoms with van der Waals surface area (Å²) in [4.78, 5) is 7.17. The summed E-state index contributed by atoms with van der Waals surface area (Å²) in [5.41, 5.74) is 8.51. The Hall–Kier alpha value is -3.07. The fourth-order valence-electron chi connectivity index (χ4n) is 4.34. The van der Waals surface area contributed by atoms with Gasteiger partial charge in [-0.25, -0.2) is 0 Å². The molecule has 1 atom stereocenters. The second-order valence-corrected chi connectivity index (χ2v) is 9.04. The Morgan fingerprint density at radius 3 is 2.37 bits per heavy atom. The highest BCUT2D eigenvalue weighted by atomic mass is 15.2. The molecule has 0 bridgehead atoms. The number of para-hydroxylation sites is 1. The summed E-state index contributed by atoms with van der Waals surface area (Å²) >= 11 is 0. The molecule has 30 heavy (non-hydrogen) atoms. The van der Waals surface area contributed by atoms with Gasteiger partial charge in [0, 0.05) is 35.9 Å². The number of benzene rings is 3. The minimum atomic E-state index is 0.185. The smallest absolute Gasteiger partial charge is 0.0631 e. The van der Waals surface area contributed by atoms with Crippen LogP contribution in [0, 0.1) is 6.92 Å². The minimum Gasteiger partial charge on any atom is -0.369 e. The molecule has 3 nitrogen and oxygen atoms in total. The van der Waals surface area contributed by atoms with E-state index >= 15 is 0 Å². The molecule has 0 aliphatic carbocycles. The molecule has 0 spiro atoms. The monoisotopic (exact) mass is 397 g/mol. The third-order valence-corrected chi connectivity index (χ3v) is 6.30. The van der Waals surface area contributed by atoms with Crippen LogP contribution < -0.4 is 10.2 Å². The van der Waals surface area contributed by atoms with Crippen molar-refractivity contribution in [2.45, 2.75) is 45.6 Å². The van der Waals surface area contributed by atoms with Gasteiger partial charge in [-0.15, -0.1) is 0 Å². The van der Waals surface area contributed by atoms with E-state index in [-0.39, 0.29) is 5.54 Å². The standard InChI is InChI=1S/C27H31N3/c1-19-15-26-25(20(2)17-27(3,4)30(26)5)16-21(19)18-28-22-11-13-24(14-12-22)29-23-9-7-6-8-10-23/h6-16,18,20,29H,17H2,1-5H3. The Balaban J connectivity index is 1.54. The number of aliphatic imine (C=N–C) groups is 1. The third kappa shape index (κ3) is 4.11. The highest BCUT2D eigenvalue weighted by Crippen LogP contribution is 2.43. The van der Waals surface area contributed by atoms with Gasteiger partial charge >= 0.3 is 0 Å². The normalized spacial score (nSPS) is 17.8. The van der Waals surface area contributed by atoms with Crippen molar-refractivity contribution in [3.63, 3.8) is 0 Å². The highest BCUT2D eigenvalue weighted by molar-refractivity contribution is 5.86. The average Bonchev–Trinajstić information content (AvgIpc) is 2.72. The number of nitrogens with zero attached hydrogens (tertiary/aromatic N) is 2. The lowest BCUT2D eigenvalue weighted by molar-refractivity contribution is 0.395. The molecule has 3 aromatic carbocycles. The Morgan fingerprint density at radius 2 is 1.67 bits per heavy atom. The SMILES string of the molecule is Cc1cc2c(cc1C=Nc1ccc(Nc3ccccc3)cc1)C(C)CC(C)(C)N2C. The maximum atomic E-state index is 4.74. The number of hydrogen-bond acceptors (Lipinski definition) is 3. The number of aryl methyl sites for hydroxylation is 1. The van der Waals surface area contributed by atoms with E-state index in [0.717, 1.165) is 23.5 Å². The van der Waals surface area contributed by atoms with Crippen molar-refractivity contribution >= 4 is 29.0 Å². The summed E-state index contributed by atoms with van der Waals surface area (Å²) in [6.07, 6.45) is 3.16. The van der Waals surface area contributed by atoms with E-state index < -0.39 is 0 Å². The van der Waals surface area contributed by atoms with Crippen molar-refractivity contribution in [1.82, 2.24) is 0 Å². The molecule has 3 heteroatoms. The van der Waals surface area contributed by atoms with Crippen molar-refractivity contribution in [3.05, 3.63) is 83.4 Å². The van der Waals surface area contributed by atoms with Crippen molar-refractivity contribution in [1.29, 1.82) is 0 Å². The molecule has 1 unspecified atom stereocenters. The molecular weight excluding hydrogens is 366 g/mol. The Morgan fingerprint density at radius 1 is 1.00 bits per heavy atom. The van der Waals surface area contributed by atoms with Crippen LogP contribution in [0.25, 0.3) is 0 Å². The van der Waals surface area contributed by atoms with Crippen molar-refractivity contribution < 1.29 is 0 Å². The van der Waals surface area contributed by atoms with Crippen LogP contribution in [0.3, 0.4) is 0 Å². The van der Waals surface area contributed by atoms with Crippen LogP contribution in [0.4, 0.5) is 22.7 Å². The van der Waals surface area contributed by atoms with Gasteiger partial charge in [0.2, 0.25) is 0 Å². The molecular formula is C27H31N3. The van der Waals surface area contributed by atoms with Crippen LogP contribution >= 0.6 is 0 Å². The van der Waals surface area contributed by atoms with Crippen molar-refractivity contribution in [3.8, 4) is 0 Å². The number of hydrogen-bond donors (Lipinski definition) is 1. The first kappa shape index (κ1) is 20.2. The molecule has 3 aromatic rings. The molecule has 0 fully saturated rings. The lowest BCUT2D eigenvalue weighted by Gasteiger charge is -2.45. The van der Waals surface area contributed by atoms with E-state index in [1.165, 1.54) is 22.4 Å². The van der Waals surface area contributed by atoms with Gasteiger partial charge in [-0.05, 0) is 98.3 Å². The first-order chi connectivity index (χ1) is 14.3. The molecule has 0 amide bonds. The van der Waals surface area contributed by atoms with E-state index in [1.54, 1.807) is 0 Å². The number of rotatable bonds is 4. The van der Waals surface area contributed by atoms with E-state index in [0.29, 0.717) is 5.92 Å². The Labute approximate surface area is 180 Å². The van der Waals surface area contributed by atoms with Gasteiger partial charge < -0.3 is 10.2 Å². The zero-order valence-corrected chi connectivity index (χ0v) is 18.6. The molecule has 1 aliphatic rings. The third-order valence-electron chi connectivity index (χ3n) is 6.30. The van der Waals surface area contributed by atoms with Crippen LogP contribution in [0.5, 0.6) is 0 Å². The van der Waals surface area contributed by atoms with Crippen LogP contribution in [0.2, 0.25) is 0 Å². The summed E-state index contributed by atoms with van der Waals surface area (Å²) in [7, 11) is 2.21. The van der Waals surface area contributed by atoms with Gasteiger partial charge in [0.25, 0.3) is 0 Å². The highest BCUT2D eigenvalue weighted by Gasteiger charge is 2.34. The van der Waals surface area contributed by atoms with E-state index in [9.17, 15) is 0 Å². The molecule has 0 saturated heterocycles. The lowest BCUT2D eigenvalue weighted by Crippen LogP contribution is -2.45. The van der Waals surface area contributed by atoms with Gasteiger partial charge in [0.1, 0.15) is 0 Å². The van der Waals surface area contributed by atoms with Crippen molar-refractivity contribution in [2.24, 2.45) is 4.99 Å². The second-order valence-electron chi connectivity index (χ2n) is 9.04. The Bertz CT molecular complexity index is 1050. The van der Waals surface area contributed by atoms with Gasteiger partial charge in [-0.3, -0.25) is 4.99 Å². The molecule has 1 aliphatic heterocycles. The molecule has 0 aromatic heterocycles. The largest absolute Gasteiger partial charge is 0.369 e. The lowest BCUT2D eigenvalue weighted by atomic mass is 9.79. The van der Waals surface area contributed by atoms with Gasteiger partial charge in [-0.1, -0.05) is 25.1 Å². The van der Waals surface area contributed by atoms with Crippen LogP contribution in [-0.2, 0) is 0 Å². The fourth-order valence-corrected chi connectivity index (χ4v) is 4.34. The average molecular weight is 398 g/mol. The quantitative estimate of drug-likeness (QED) is 0.471. The molecule has 1 heterocycles. The summed E-state index contributed by atoms with van der Waals surface area (Å²) < 4.78 is 0. The molecule has 0 saturated carbocycles. The van der Waals surface area contributed by atoms with Gasteiger partial charge in [0.05, 0.1) is 5.69 Å². The number of anilines is 3. The fraction of sp³-hybridized carbons (Fsp3) is 0.296. The summed E-state index contributed by atoms with van der Waals surface area (Å²) in [6.45, 7) is 9.16. The zero-order valence-electron chi connectivity index (χ0n) is 18.6. The number of fused-ring (bicyclic) bond motifs is 1. The van der Waals surface area contributed by atoms with Crippen LogP contribution in [0.15, 0.2) is 71.7 Å². The summed E-state index contributed by atoms with van der Waals surface area (Å²) in [5, 5.41) is 3.41. The molecule has 1 N–H and O–H groups in total. The van der Waals surface area contributed by atoms with E-state index in [2.05, 4.69) is 93.5 Å². The Kier molecular flexibility index (Phi) is 5.38. The van der Waals surface area contributed by atoms with Gasteiger partial charge in [0.15, 0.2) is 0 Å². The topological polar surface area (TPSA) is 27.6 Å². The van der Waals surface area contributed by atoms with Gasteiger partial charge in [-0.2, -0.15) is 0 Å². The minimum absolute atomic E-state index is 0.185. The molecule has 0 radical (unpaired) electrons. The predicted octanol–water partition coefficient (Wildman–Crippen LogP) is 7.21. The maximum Gasteiger partial charge on any atom is 0.0631 e. The van der Waals surface area contributed by atoms with Crippen molar-refractivity contribution in [2.75, 3.05) is 17.3 Å². The summed E-state index contributed by atoms with van der Waals surface area (Å²) in [6, 6.07) is 23.1. The van der Waals surface area contributed by atoms with E-state index in [1.807, 2.05) is 24.4 Å². The van der Waals surface area contributed by atoms with E-state index in [4.69, 9.17) is 4.99 Å². The summed E-state index contributed by atoms with van der Waals surface area (Å²) in [5.74, 6) is 0.544.